The van der Waals surface area contributed by atoms with Gasteiger partial charge in [-0.15, -0.1) is 0 Å². The zero-order chi connectivity index (χ0) is 20.1. The summed E-state index contributed by atoms with van der Waals surface area (Å²) in [5.41, 5.74) is 2.73. The summed E-state index contributed by atoms with van der Waals surface area (Å²) >= 11 is 0. The molecular formula is C22H22N2O3S. The number of carbonyl (C=O) groups excluding carboxylic acids is 1. The van der Waals surface area contributed by atoms with Crippen molar-refractivity contribution in [2.75, 3.05) is 16.2 Å². The molecule has 1 amide bonds. The minimum Gasteiger partial charge on any atom is -0.322 e. The van der Waals surface area contributed by atoms with Gasteiger partial charge in [0.25, 0.3) is 15.9 Å². The van der Waals surface area contributed by atoms with E-state index in [4.69, 9.17) is 0 Å². The van der Waals surface area contributed by atoms with Crippen LogP contribution in [0.1, 0.15) is 22.8 Å². The lowest BCUT2D eigenvalue weighted by Gasteiger charge is -2.23. The van der Waals surface area contributed by atoms with Crippen molar-refractivity contribution in [2.24, 2.45) is 0 Å². The van der Waals surface area contributed by atoms with Gasteiger partial charge in [0, 0.05) is 17.8 Å². The standard InChI is InChI=1S/C22H22N2O3S/c1-3-24(20-10-5-4-6-11-20)28(26,27)21-14-12-18(13-15-21)22(25)23-19-9-7-8-17(2)16-19/h4-16H,3H2,1-2H3,(H,23,25). The molecule has 3 aromatic rings. The Morgan fingerprint density at radius 1 is 0.929 bits per heavy atom. The van der Waals surface area contributed by atoms with E-state index < -0.39 is 10.0 Å². The average Bonchev–Trinajstić information content (AvgIpc) is 2.69. The maximum atomic E-state index is 13.0. The smallest absolute Gasteiger partial charge is 0.264 e. The van der Waals surface area contributed by atoms with Gasteiger partial charge in [-0.25, -0.2) is 8.42 Å². The Balaban J connectivity index is 1.82. The van der Waals surface area contributed by atoms with Gasteiger partial charge in [0.1, 0.15) is 0 Å². The van der Waals surface area contributed by atoms with Crippen LogP contribution < -0.4 is 9.62 Å². The van der Waals surface area contributed by atoms with Gasteiger partial charge < -0.3 is 5.32 Å². The van der Waals surface area contributed by atoms with Crippen LogP contribution in [-0.4, -0.2) is 20.9 Å². The van der Waals surface area contributed by atoms with Gasteiger partial charge in [-0.3, -0.25) is 9.10 Å². The zero-order valence-electron chi connectivity index (χ0n) is 15.8. The third-order valence-corrected chi connectivity index (χ3v) is 6.23. The molecule has 0 radical (unpaired) electrons. The number of carbonyl (C=O) groups is 1. The molecule has 0 bridgehead atoms. The molecular weight excluding hydrogens is 372 g/mol. The van der Waals surface area contributed by atoms with Crippen LogP contribution in [-0.2, 0) is 10.0 Å². The van der Waals surface area contributed by atoms with E-state index in [-0.39, 0.29) is 10.8 Å². The molecule has 1 N–H and O–H groups in total. The maximum absolute atomic E-state index is 13.0. The molecule has 6 heteroatoms. The van der Waals surface area contributed by atoms with Crippen LogP contribution in [0.4, 0.5) is 11.4 Å². The van der Waals surface area contributed by atoms with Gasteiger partial charge in [-0.05, 0) is 67.9 Å². The number of nitrogens with one attached hydrogen (secondary N) is 1. The fourth-order valence-corrected chi connectivity index (χ4v) is 4.39. The molecule has 144 valence electrons. The number of sulfonamides is 1. The van der Waals surface area contributed by atoms with Crippen molar-refractivity contribution in [1.29, 1.82) is 0 Å². The largest absolute Gasteiger partial charge is 0.322 e. The maximum Gasteiger partial charge on any atom is 0.264 e. The van der Waals surface area contributed by atoms with Gasteiger partial charge in [0.15, 0.2) is 0 Å². The molecule has 0 spiro atoms. The molecule has 0 heterocycles. The predicted octanol–water partition coefficient (Wildman–Crippen LogP) is 4.46. The summed E-state index contributed by atoms with van der Waals surface area (Å²) in [7, 11) is -3.71. The first kappa shape index (κ1) is 19.6. The number of para-hydroxylation sites is 1. The Morgan fingerprint density at radius 2 is 1.61 bits per heavy atom. The minimum atomic E-state index is -3.71. The summed E-state index contributed by atoms with van der Waals surface area (Å²) in [6, 6.07) is 22.4. The van der Waals surface area contributed by atoms with E-state index in [0.29, 0.717) is 23.5 Å². The Bertz CT molecular complexity index is 1060. The van der Waals surface area contributed by atoms with Crippen molar-refractivity contribution in [3.63, 3.8) is 0 Å². The number of nitrogens with zero attached hydrogens (tertiary/aromatic N) is 1. The molecule has 0 fully saturated rings. The highest BCUT2D eigenvalue weighted by molar-refractivity contribution is 7.92. The van der Waals surface area contributed by atoms with Crippen LogP contribution in [0, 0.1) is 6.92 Å². The summed E-state index contributed by atoms with van der Waals surface area (Å²) < 4.78 is 27.3. The summed E-state index contributed by atoms with van der Waals surface area (Å²) in [4.78, 5) is 12.6. The molecule has 0 atom stereocenters. The molecule has 0 aromatic heterocycles. The number of anilines is 2. The van der Waals surface area contributed by atoms with Crippen LogP contribution in [0.15, 0.2) is 83.8 Å². The summed E-state index contributed by atoms with van der Waals surface area (Å²) in [5, 5.41) is 2.82. The van der Waals surface area contributed by atoms with E-state index in [2.05, 4.69) is 5.32 Å². The Labute approximate surface area is 165 Å². The van der Waals surface area contributed by atoms with E-state index >= 15 is 0 Å². The second-order valence-electron chi connectivity index (χ2n) is 6.35. The molecule has 3 aromatic carbocycles. The molecule has 0 unspecified atom stereocenters. The van der Waals surface area contributed by atoms with E-state index in [9.17, 15) is 13.2 Å². The summed E-state index contributed by atoms with van der Waals surface area (Å²) in [6.45, 7) is 4.04. The first-order chi connectivity index (χ1) is 13.4. The van der Waals surface area contributed by atoms with E-state index in [0.717, 1.165) is 5.56 Å². The van der Waals surface area contributed by atoms with Crippen LogP contribution in [0.5, 0.6) is 0 Å². The summed E-state index contributed by atoms with van der Waals surface area (Å²) in [6.07, 6.45) is 0. The first-order valence-electron chi connectivity index (χ1n) is 8.97. The monoisotopic (exact) mass is 394 g/mol. The van der Waals surface area contributed by atoms with Crippen molar-refractivity contribution in [3.8, 4) is 0 Å². The van der Waals surface area contributed by atoms with Gasteiger partial charge in [0.05, 0.1) is 10.6 Å². The van der Waals surface area contributed by atoms with Crippen molar-refractivity contribution in [3.05, 3.63) is 90.0 Å². The van der Waals surface area contributed by atoms with Crippen molar-refractivity contribution in [2.45, 2.75) is 18.7 Å². The minimum absolute atomic E-state index is 0.144. The highest BCUT2D eigenvalue weighted by Gasteiger charge is 2.23. The fourth-order valence-electron chi connectivity index (χ4n) is 2.92. The van der Waals surface area contributed by atoms with Crippen LogP contribution >= 0.6 is 0 Å². The fraction of sp³-hybridized carbons (Fsp3) is 0.136. The van der Waals surface area contributed by atoms with Gasteiger partial charge in [-0.1, -0.05) is 30.3 Å². The van der Waals surface area contributed by atoms with E-state index in [1.807, 2.05) is 37.3 Å². The number of rotatable bonds is 6. The quantitative estimate of drug-likeness (QED) is 0.671. The number of benzene rings is 3. The lowest BCUT2D eigenvalue weighted by atomic mass is 10.2. The van der Waals surface area contributed by atoms with E-state index in [1.54, 1.807) is 31.2 Å². The van der Waals surface area contributed by atoms with Gasteiger partial charge >= 0.3 is 0 Å². The predicted molar refractivity (Wildman–Crippen MR) is 112 cm³/mol. The van der Waals surface area contributed by atoms with Crippen molar-refractivity contribution >= 4 is 27.3 Å². The van der Waals surface area contributed by atoms with Crippen molar-refractivity contribution < 1.29 is 13.2 Å². The third kappa shape index (κ3) is 4.23. The lowest BCUT2D eigenvalue weighted by Crippen LogP contribution is -2.30. The zero-order valence-corrected chi connectivity index (χ0v) is 16.6. The second kappa shape index (κ2) is 8.27. The average molecular weight is 394 g/mol. The van der Waals surface area contributed by atoms with Crippen LogP contribution in [0.25, 0.3) is 0 Å². The normalized spacial score (nSPS) is 11.1. The number of aryl methyl sites for hydroxylation is 1. The Morgan fingerprint density at radius 3 is 2.21 bits per heavy atom. The van der Waals surface area contributed by atoms with E-state index in [1.165, 1.54) is 28.6 Å². The molecule has 28 heavy (non-hydrogen) atoms. The highest BCUT2D eigenvalue weighted by Crippen LogP contribution is 2.23. The summed E-state index contributed by atoms with van der Waals surface area (Å²) in [5.74, 6) is -0.287. The molecule has 0 saturated carbocycles. The number of amides is 1. The highest BCUT2D eigenvalue weighted by atomic mass is 32.2. The third-order valence-electron chi connectivity index (χ3n) is 4.31. The van der Waals surface area contributed by atoms with Gasteiger partial charge in [0.2, 0.25) is 0 Å². The second-order valence-corrected chi connectivity index (χ2v) is 8.22. The molecule has 5 nitrogen and oxygen atoms in total. The Hall–Kier alpha value is -3.12. The van der Waals surface area contributed by atoms with Crippen LogP contribution in [0.2, 0.25) is 0 Å². The Kier molecular flexibility index (Phi) is 5.80. The molecule has 0 saturated heterocycles. The SMILES string of the molecule is CCN(c1ccccc1)S(=O)(=O)c1ccc(C(=O)Nc2cccc(C)c2)cc1. The molecule has 3 rings (SSSR count). The molecule has 0 aliphatic heterocycles. The number of hydrogen-bond donors (Lipinski definition) is 1. The van der Waals surface area contributed by atoms with Crippen molar-refractivity contribution in [1.82, 2.24) is 0 Å². The lowest BCUT2D eigenvalue weighted by molar-refractivity contribution is 0.102. The van der Waals surface area contributed by atoms with Crippen LogP contribution in [0.3, 0.4) is 0 Å². The molecule has 0 aliphatic rings. The first-order valence-corrected chi connectivity index (χ1v) is 10.4. The van der Waals surface area contributed by atoms with Gasteiger partial charge in [-0.2, -0.15) is 0 Å². The topological polar surface area (TPSA) is 66.5 Å². The number of hydrogen-bond acceptors (Lipinski definition) is 3. The molecule has 0 aliphatic carbocycles.